The first-order valence-corrected chi connectivity index (χ1v) is 11.1. The molecule has 0 bridgehead atoms. The predicted octanol–water partition coefficient (Wildman–Crippen LogP) is 4.06. The minimum atomic E-state index is -0.373. The van der Waals surface area contributed by atoms with E-state index in [1.807, 2.05) is 23.1 Å². The van der Waals surface area contributed by atoms with E-state index in [-0.39, 0.29) is 29.6 Å². The third-order valence-electron chi connectivity index (χ3n) is 6.48. The average Bonchev–Trinajstić information content (AvgIpc) is 3.33. The second-order valence-corrected chi connectivity index (χ2v) is 8.39. The van der Waals surface area contributed by atoms with E-state index in [1.54, 1.807) is 19.1 Å². The molecule has 4 rings (SSSR count). The minimum Gasteiger partial charge on any atom is -0.497 e. The Morgan fingerprint density at radius 3 is 2.44 bits per heavy atom. The molecule has 2 fully saturated rings. The van der Waals surface area contributed by atoms with Gasteiger partial charge in [0.2, 0.25) is 5.91 Å². The fraction of sp³-hybridized carbons (Fsp3) is 0.440. The summed E-state index contributed by atoms with van der Waals surface area (Å²) in [5.74, 6) is 0.744. The lowest BCUT2D eigenvalue weighted by molar-refractivity contribution is -0.138. The zero-order valence-corrected chi connectivity index (χ0v) is 18.6. The van der Waals surface area contributed by atoms with Crippen molar-refractivity contribution in [2.24, 2.45) is 5.92 Å². The molecule has 2 aliphatic heterocycles. The molecule has 2 atom stereocenters. The highest BCUT2D eigenvalue weighted by atomic mass is 19.1. The Kier molecular flexibility index (Phi) is 6.63. The molecule has 32 heavy (non-hydrogen) atoms. The van der Waals surface area contributed by atoms with Gasteiger partial charge in [0.25, 0.3) is 5.91 Å². The predicted molar refractivity (Wildman–Crippen MR) is 118 cm³/mol. The normalized spacial score (nSPS) is 20.8. The summed E-state index contributed by atoms with van der Waals surface area (Å²) in [7, 11) is 3.24. The van der Waals surface area contributed by atoms with Crippen LogP contribution in [0.1, 0.15) is 47.6 Å². The molecule has 2 saturated heterocycles. The van der Waals surface area contributed by atoms with Crippen molar-refractivity contribution in [2.45, 2.75) is 31.7 Å². The maximum absolute atomic E-state index is 13.5. The molecule has 170 valence electrons. The molecule has 0 N–H and O–H groups in total. The monoisotopic (exact) mass is 440 g/mol. The quantitative estimate of drug-likeness (QED) is 0.704. The van der Waals surface area contributed by atoms with Crippen molar-refractivity contribution in [1.82, 2.24) is 9.80 Å². The lowest BCUT2D eigenvalue weighted by Crippen LogP contribution is -2.46. The summed E-state index contributed by atoms with van der Waals surface area (Å²) in [5.41, 5.74) is 1.43. The molecular weight excluding hydrogens is 411 g/mol. The maximum atomic E-state index is 13.5. The van der Waals surface area contributed by atoms with Crippen molar-refractivity contribution >= 4 is 11.8 Å². The van der Waals surface area contributed by atoms with Gasteiger partial charge in [-0.25, -0.2) is 4.39 Å². The summed E-state index contributed by atoms with van der Waals surface area (Å²) < 4.78 is 24.1. The fourth-order valence-corrected chi connectivity index (χ4v) is 4.82. The second-order valence-electron chi connectivity index (χ2n) is 8.39. The molecule has 2 aromatic rings. The third kappa shape index (κ3) is 4.42. The van der Waals surface area contributed by atoms with E-state index in [9.17, 15) is 14.0 Å². The lowest BCUT2D eigenvalue weighted by Gasteiger charge is -2.36. The van der Waals surface area contributed by atoms with Gasteiger partial charge in [0.15, 0.2) is 0 Å². The van der Waals surface area contributed by atoms with Gasteiger partial charge in [-0.2, -0.15) is 0 Å². The number of amides is 2. The van der Waals surface area contributed by atoms with E-state index >= 15 is 0 Å². The summed E-state index contributed by atoms with van der Waals surface area (Å²) in [4.78, 5) is 30.1. The van der Waals surface area contributed by atoms with Gasteiger partial charge in [-0.3, -0.25) is 9.59 Å². The maximum Gasteiger partial charge on any atom is 0.253 e. The van der Waals surface area contributed by atoms with E-state index in [1.165, 1.54) is 24.3 Å². The summed E-state index contributed by atoms with van der Waals surface area (Å²) in [6.07, 6.45) is 3.33. The van der Waals surface area contributed by atoms with Crippen molar-refractivity contribution in [3.63, 3.8) is 0 Å². The zero-order valence-electron chi connectivity index (χ0n) is 18.6. The second kappa shape index (κ2) is 9.59. The fourth-order valence-electron chi connectivity index (χ4n) is 4.82. The van der Waals surface area contributed by atoms with Gasteiger partial charge in [-0.15, -0.1) is 0 Å². The molecule has 0 aliphatic carbocycles. The number of rotatable bonds is 5. The number of carbonyl (C=O) groups is 2. The zero-order chi connectivity index (χ0) is 22.7. The van der Waals surface area contributed by atoms with Crippen LogP contribution in [0.3, 0.4) is 0 Å². The van der Waals surface area contributed by atoms with E-state index in [2.05, 4.69) is 0 Å². The Bertz CT molecular complexity index is 978. The van der Waals surface area contributed by atoms with Crippen molar-refractivity contribution in [3.05, 3.63) is 59.4 Å². The Morgan fingerprint density at radius 2 is 1.72 bits per heavy atom. The van der Waals surface area contributed by atoms with Crippen LogP contribution in [0.25, 0.3) is 0 Å². The highest BCUT2D eigenvalue weighted by Crippen LogP contribution is 2.40. The first-order valence-electron chi connectivity index (χ1n) is 11.1. The van der Waals surface area contributed by atoms with Crippen LogP contribution in [0.15, 0.2) is 42.5 Å². The first kappa shape index (κ1) is 22.1. The van der Waals surface area contributed by atoms with Gasteiger partial charge >= 0.3 is 0 Å². The number of methoxy groups -OCH3 is 2. The molecular formula is C25H29FN2O4. The SMILES string of the molecule is COc1ccc([C@@H]2CCCN2C(=O)[C@@H]2CCCN(C(=O)c3ccc(F)cc3)C2)c(OC)c1. The molecule has 0 aromatic heterocycles. The van der Waals surface area contributed by atoms with Gasteiger partial charge in [0.05, 0.1) is 26.2 Å². The van der Waals surface area contributed by atoms with Crippen molar-refractivity contribution in [1.29, 1.82) is 0 Å². The Morgan fingerprint density at radius 1 is 0.969 bits per heavy atom. The molecule has 0 saturated carbocycles. The van der Waals surface area contributed by atoms with Gasteiger partial charge in [-0.05, 0) is 62.1 Å². The Labute approximate surface area is 187 Å². The van der Waals surface area contributed by atoms with Crippen LogP contribution in [0.4, 0.5) is 4.39 Å². The molecule has 2 heterocycles. The number of nitrogens with zero attached hydrogens (tertiary/aromatic N) is 2. The van der Waals surface area contributed by atoms with E-state index in [4.69, 9.17) is 9.47 Å². The van der Waals surface area contributed by atoms with Crippen LogP contribution >= 0.6 is 0 Å². The molecule has 6 nitrogen and oxygen atoms in total. The van der Waals surface area contributed by atoms with Crippen LogP contribution in [-0.4, -0.2) is 55.5 Å². The number of likely N-dealkylation sites (tertiary alicyclic amines) is 2. The van der Waals surface area contributed by atoms with E-state index in [0.717, 1.165) is 31.2 Å². The Hall–Kier alpha value is -3.09. The molecule has 0 spiro atoms. The molecule has 7 heteroatoms. The topological polar surface area (TPSA) is 59.1 Å². The number of carbonyl (C=O) groups excluding carboxylic acids is 2. The number of hydrogen-bond donors (Lipinski definition) is 0. The van der Waals surface area contributed by atoms with Gasteiger partial charge < -0.3 is 19.3 Å². The van der Waals surface area contributed by atoms with Crippen molar-refractivity contribution < 1.29 is 23.5 Å². The summed E-state index contributed by atoms with van der Waals surface area (Å²) in [6.45, 7) is 1.69. The van der Waals surface area contributed by atoms with Crippen LogP contribution in [0.5, 0.6) is 11.5 Å². The summed E-state index contributed by atoms with van der Waals surface area (Å²) in [5, 5.41) is 0. The third-order valence-corrected chi connectivity index (χ3v) is 6.48. The highest BCUT2D eigenvalue weighted by Gasteiger charge is 2.37. The van der Waals surface area contributed by atoms with Gasteiger partial charge in [-0.1, -0.05) is 0 Å². The Balaban J connectivity index is 1.49. The van der Waals surface area contributed by atoms with Crippen molar-refractivity contribution in [3.8, 4) is 11.5 Å². The van der Waals surface area contributed by atoms with Crippen LogP contribution in [-0.2, 0) is 4.79 Å². The van der Waals surface area contributed by atoms with E-state index < -0.39 is 0 Å². The van der Waals surface area contributed by atoms with Crippen molar-refractivity contribution in [2.75, 3.05) is 33.9 Å². The highest BCUT2D eigenvalue weighted by molar-refractivity contribution is 5.94. The number of hydrogen-bond acceptors (Lipinski definition) is 4. The first-order chi connectivity index (χ1) is 15.5. The van der Waals surface area contributed by atoms with Gasteiger partial charge in [0.1, 0.15) is 17.3 Å². The molecule has 2 aromatic carbocycles. The number of piperidine rings is 1. The molecule has 0 radical (unpaired) electrons. The van der Waals surface area contributed by atoms with Gasteiger partial charge in [0, 0.05) is 36.8 Å². The molecule has 2 amide bonds. The van der Waals surface area contributed by atoms with E-state index in [0.29, 0.717) is 36.7 Å². The number of ether oxygens (including phenoxy) is 2. The standard InChI is InChI=1S/C25H29FN2O4/c1-31-20-11-12-21(23(15-20)32-2)22-6-4-14-28(22)25(30)18-5-3-13-27(16-18)24(29)17-7-9-19(26)10-8-17/h7-12,15,18,22H,3-6,13-14,16H2,1-2H3/t18-,22+/m1/s1. The lowest BCUT2D eigenvalue weighted by atomic mass is 9.94. The summed E-state index contributed by atoms with van der Waals surface area (Å²) >= 11 is 0. The number of halogens is 1. The summed E-state index contributed by atoms with van der Waals surface area (Å²) in [6, 6.07) is 11.2. The smallest absolute Gasteiger partial charge is 0.253 e. The molecule has 2 aliphatic rings. The van der Waals surface area contributed by atoms with Crippen LogP contribution in [0, 0.1) is 11.7 Å². The molecule has 0 unspecified atom stereocenters. The largest absolute Gasteiger partial charge is 0.497 e. The van der Waals surface area contributed by atoms with Crippen LogP contribution in [0.2, 0.25) is 0 Å². The van der Waals surface area contributed by atoms with Crippen LogP contribution < -0.4 is 9.47 Å². The number of benzene rings is 2. The minimum absolute atomic E-state index is 0.0495. The average molecular weight is 441 g/mol.